The van der Waals surface area contributed by atoms with Gasteiger partial charge in [0.25, 0.3) is 0 Å². The lowest BCUT2D eigenvalue weighted by atomic mass is 10.0. The van der Waals surface area contributed by atoms with Crippen LogP contribution < -0.4 is 4.74 Å². The minimum atomic E-state index is -0.102. The Morgan fingerprint density at radius 3 is 2.20 bits per heavy atom. The number of esters is 1. The number of benzene rings is 2. The Balaban J connectivity index is 1.58. The molecule has 0 fully saturated rings. The van der Waals surface area contributed by atoms with Crippen molar-refractivity contribution in [3.63, 3.8) is 0 Å². The SMILES string of the molecule is COC(=O)CCCCCCCc1ccc(OCc2ccccc2)cc1. The first-order valence-electron chi connectivity index (χ1n) is 9.10. The molecule has 0 aliphatic heterocycles. The molecule has 0 aromatic heterocycles. The van der Waals surface area contributed by atoms with Crippen molar-refractivity contribution in [1.82, 2.24) is 0 Å². The van der Waals surface area contributed by atoms with Crippen LogP contribution in [-0.4, -0.2) is 13.1 Å². The molecule has 0 amide bonds. The summed E-state index contributed by atoms with van der Waals surface area (Å²) in [6.45, 7) is 0.603. The van der Waals surface area contributed by atoms with Crippen LogP contribution in [0.3, 0.4) is 0 Å². The summed E-state index contributed by atoms with van der Waals surface area (Å²) in [5.41, 5.74) is 2.53. The molecule has 0 N–H and O–H groups in total. The molecule has 0 saturated carbocycles. The van der Waals surface area contributed by atoms with E-state index in [1.807, 2.05) is 18.2 Å². The fraction of sp³-hybridized carbons (Fsp3) is 0.409. The van der Waals surface area contributed by atoms with E-state index in [0.29, 0.717) is 13.0 Å². The predicted molar refractivity (Wildman–Crippen MR) is 101 cm³/mol. The number of unbranched alkanes of at least 4 members (excludes halogenated alkanes) is 4. The Morgan fingerprint density at radius 1 is 0.800 bits per heavy atom. The molecule has 0 saturated heterocycles. The van der Waals surface area contributed by atoms with E-state index >= 15 is 0 Å². The molecule has 2 aromatic carbocycles. The molecule has 0 aliphatic carbocycles. The molecule has 0 atom stereocenters. The maximum atomic E-state index is 11.0. The predicted octanol–water partition coefficient (Wildman–Crippen LogP) is 5.32. The molecule has 0 aliphatic rings. The maximum Gasteiger partial charge on any atom is 0.305 e. The van der Waals surface area contributed by atoms with Crippen LogP contribution in [-0.2, 0) is 22.6 Å². The van der Waals surface area contributed by atoms with Crippen molar-refractivity contribution in [2.24, 2.45) is 0 Å². The van der Waals surface area contributed by atoms with E-state index < -0.39 is 0 Å². The van der Waals surface area contributed by atoms with Gasteiger partial charge >= 0.3 is 5.97 Å². The van der Waals surface area contributed by atoms with Gasteiger partial charge in [0.05, 0.1) is 7.11 Å². The Kier molecular flexibility index (Phi) is 8.60. The van der Waals surface area contributed by atoms with E-state index in [1.54, 1.807) is 0 Å². The van der Waals surface area contributed by atoms with Crippen LogP contribution in [0.4, 0.5) is 0 Å². The average Bonchev–Trinajstić information content (AvgIpc) is 2.67. The summed E-state index contributed by atoms with van der Waals surface area (Å²) in [5.74, 6) is 0.810. The van der Waals surface area contributed by atoms with Gasteiger partial charge in [-0.3, -0.25) is 4.79 Å². The molecule has 3 nitrogen and oxygen atoms in total. The van der Waals surface area contributed by atoms with Crippen LogP contribution >= 0.6 is 0 Å². The summed E-state index contributed by atoms with van der Waals surface area (Å²) in [5, 5.41) is 0. The molecule has 0 spiro atoms. The summed E-state index contributed by atoms with van der Waals surface area (Å²) in [6.07, 6.45) is 7.23. The minimum Gasteiger partial charge on any atom is -0.489 e. The van der Waals surface area contributed by atoms with Crippen LogP contribution in [0.1, 0.15) is 49.7 Å². The molecule has 0 radical (unpaired) electrons. The van der Waals surface area contributed by atoms with Crippen LogP contribution in [0, 0.1) is 0 Å². The van der Waals surface area contributed by atoms with Gasteiger partial charge in [-0.1, -0.05) is 61.7 Å². The molecule has 0 bridgehead atoms. The first kappa shape index (κ1) is 19.0. The van der Waals surface area contributed by atoms with E-state index in [-0.39, 0.29) is 5.97 Å². The second-order valence-corrected chi connectivity index (χ2v) is 6.26. The summed E-state index contributed by atoms with van der Waals surface area (Å²) >= 11 is 0. The topological polar surface area (TPSA) is 35.5 Å². The number of rotatable bonds is 11. The monoisotopic (exact) mass is 340 g/mol. The largest absolute Gasteiger partial charge is 0.489 e. The number of aryl methyl sites for hydroxylation is 1. The standard InChI is InChI=1S/C22H28O3/c1-24-22(23)13-9-4-2-3-6-10-19-14-16-21(17-15-19)25-18-20-11-7-5-8-12-20/h5,7-8,11-12,14-17H,2-4,6,9-10,13,18H2,1H3. The van der Waals surface area contributed by atoms with Crippen LogP contribution in [0.15, 0.2) is 54.6 Å². The molecule has 2 rings (SSSR count). The van der Waals surface area contributed by atoms with Crippen LogP contribution in [0.25, 0.3) is 0 Å². The lowest BCUT2D eigenvalue weighted by molar-refractivity contribution is -0.140. The zero-order chi connectivity index (χ0) is 17.7. The van der Waals surface area contributed by atoms with Crippen molar-refractivity contribution in [1.29, 1.82) is 0 Å². The van der Waals surface area contributed by atoms with Gasteiger partial charge in [0, 0.05) is 6.42 Å². The third-order valence-electron chi connectivity index (χ3n) is 4.25. The number of carbonyl (C=O) groups excluding carboxylic acids is 1. The second kappa shape index (κ2) is 11.3. The highest BCUT2D eigenvalue weighted by molar-refractivity contribution is 5.68. The smallest absolute Gasteiger partial charge is 0.305 e. The lowest BCUT2D eigenvalue weighted by Crippen LogP contribution is -1.99. The summed E-state index contributed by atoms with van der Waals surface area (Å²) in [7, 11) is 1.44. The van der Waals surface area contributed by atoms with Crippen molar-refractivity contribution >= 4 is 5.97 Å². The van der Waals surface area contributed by atoms with Gasteiger partial charge in [0.1, 0.15) is 12.4 Å². The summed E-state index contributed by atoms with van der Waals surface area (Å²) in [6, 6.07) is 18.6. The maximum absolute atomic E-state index is 11.0. The average molecular weight is 340 g/mol. The van der Waals surface area contributed by atoms with Gasteiger partial charge in [-0.05, 0) is 42.5 Å². The van der Waals surface area contributed by atoms with Crippen molar-refractivity contribution in [2.45, 2.75) is 51.6 Å². The highest BCUT2D eigenvalue weighted by Gasteiger charge is 2.00. The molecule has 0 heterocycles. The van der Waals surface area contributed by atoms with E-state index in [0.717, 1.165) is 25.0 Å². The minimum absolute atomic E-state index is 0.102. The van der Waals surface area contributed by atoms with Crippen molar-refractivity contribution in [3.05, 3.63) is 65.7 Å². The quantitative estimate of drug-likeness (QED) is 0.410. The van der Waals surface area contributed by atoms with Crippen molar-refractivity contribution in [2.75, 3.05) is 7.11 Å². The number of methoxy groups -OCH3 is 1. The zero-order valence-electron chi connectivity index (χ0n) is 15.1. The second-order valence-electron chi connectivity index (χ2n) is 6.26. The first-order chi connectivity index (χ1) is 12.3. The lowest BCUT2D eigenvalue weighted by Gasteiger charge is -2.07. The Bertz CT molecular complexity index is 605. The summed E-state index contributed by atoms with van der Waals surface area (Å²) in [4.78, 5) is 11.0. The zero-order valence-corrected chi connectivity index (χ0v) is 15.1. The molecular weight excluding hydrogens is 312 g/mol. The first-order valence-corrected chi connectivity index (χ1v) is 9.10. The molecule has 134 valence electrons. The Hall–Kier alpha value is -2.29. The number of hydrogen-bond acceptors (Lipinski definition) is 3. The van der Waals surface area contributed by atoms with Gasteiger partial charge in [0.15, 0.2) is 0 Å². The highest BCUT2D eigenvalue weighted by Crippen LogP contribution is 2.16. The van der Waals surface area contributed by atoms with E-state index in [1.165, 1.54) is 37.5 Å². The number of hydrogen-bond donors (Lipinski definition) is 0. The fourth-order valence-electron chi connectivity index (χ4n) is 2.72. The summed E-state index contributed by atoms with van der Waals surface area (Å²) < 4.78 is 10.4. The molecule has 2 aromatic rings. The Labute approximate surface area is 151 Å². The van der Waals surface area contributed by atoms with Crippen molar-refractivity contribution in [3.8, 4) is 5.75 Å². The molecule has 3 heteroatoms. The van der Waals surface area contributed by atoms with E-state index in [4.69, 9.17) is 4.74 Å². The van der Waals surface area contributed by atoms with Gasteiger partial charge in [-0.15, -0.1) is 0 Å². The molecule has 25 heavy (non-hydrogen) atoms. The number of carbonyl (C=O) groups is 1. The van der Waals surface area contributed by atoms with Gasteiger partial charge in [-0.2, -0.15) is 0 Å². The fourth-order valence-corrected chi connectivity index (χ4v) is 2.72. The van der Waals surface area contributed by atoms with Crippen LogP contribution in [0.5, 0.6) is 5.75 Å². The Morgan fingerprint density at radius 2 is 1.48 bits per heavy atom. The molecule has 0 unspecified atom stereocenters. The number of ether oxygens (including phenoxy) is 2. The third kappa shape index (κ3) is 7.88. The highest BCUT2D eigenvalue weighted by atomic mass is 16.5. The molecular formula is C22H28O3. The van der Waals surface area contributed by atoms with Crippen LogP contribution in [0.2, 0.25) is 0 Å². The van der Waals surface area contributed by atoms with Crippen molar-refractivity contribution < 1.29 is 14.3 Å². The van der Waals surface area contributed by atoms with Gasteiger partial charge < -0.3 is 9.47 Å². The third-order valence-corrected chi connectivity index (χ3v) is 4.25. The van der Waals surface area contributed by atoms with Gasteiger partial charge in [0.2, 0.25) is 0 Å². The van der Waals surface area contributed by atoms with E-state index in [2.05, 4.69) is 41.1 Å². The normalized spacial score (nSPS) is 10.4. The van der Waals surface area contributed by atoms with Gasteiger partial charge in [-0.25, -0.2) is 0 Å². The van der Waals surface area contributed by atoms with E-state index in [9.17, 15) is 4.79 Å².